The number of ether oxygens (including phenoxy) is 3. The Kier molecular flexibility index (Phi) is 5.02. The Bertz CT molecular complexity index is 914. The van der Waals surface area contributed by atoms with Crippen molar-refractivity contribution in [2.75, 3.05) is 6.61 Å². The maximum absolute atomic E-state index is 13.6. The fraction of sp³-hybridized carbons (Fsp3) is 0.840. The molecule has 0 aromatic rings. The van der Waals surface area contributed by atoms with E-state index in [0.717, 1.165) is 12.8 Å². The van der Waals surface area contributed by atoms with Gasteiger partial charge >= 0.3 is 17.9 Å². The van der Waals surface area contributed by atoms with E-state index in [9.17, 15) is 24.3 Å². The molecule has 0 aromatic heterocycles. The van der Waals surface area contributed by atoms with Crippen LogP contribution < -0.4 is 0 Å². The summed E-state index contributed by atoms with van der Waals surface area (Å²) in [6.07, 6.45) is 4.78. The molecule has 5 fully saturated rings. The maximum Gasteiger partial charge on any atom is 0.316 e. The van der Waals surface area contributed by atoms with Gasteiger partial charge in [0.1, 0.15) is 23.7 Å². The summed E-state index contributed by atoms with van der Waals surface area (Å²) in [5.41, 5.74) is -3.21. The molecule has 182 valence electrons. The van der Waals surface area contributed by atoms with Crippen molar-refractivity contribution in [2.24, 2.45) is 28.6 Å². The van der Waals surface area contributed by atoms with Crippen LogP contribution in [-0.2, 0) is 33.4 Å². The summed E-state index contributed by atoms with van der Waals surface area (Å²) in [6.45, 7) is 4.59. The Morgan fingerprint density at radius 3 is 2.45 bits per heavy atom. The number of ketones is 1. The third kappa shape index (κ3) is 2.91. The predicted molar refractivity (Wildman–Crippen MR) is 114 cm³/mol. The minimum Gasteiger partial charge on any atom is -0.462 e. The third-order valence-corrected chi connectivity index (χ3v) is 10.1. The van der Waals surface area contributed by atoms with Crippen LogP contribution in [0, 0.1) is 28.6 Å². The molecule has 33 heavy (non-hydrogen) atoms. The van der Waals surface area contributed by atoms with Gasteiger partial charge in [-0.3, -0.25) is 19.2 Å². The van der Waals surface area contributed by atoms with Crippen molar-refractivity contribution in [1.82, 2.24) is 0 Å². The summed E-state index contributed by atoms with van der Waals surface area (Å²) in [5.74, 6) is -1.50. The lowest BCUT2D eigenvalue weighted by atomic mass is 9.42. The second kappa shape index (κ2) is 7.27. The summed E-state index contributed by atoms with van der Waals surface area (Å²) in [6, 6.07) is 0. The summed E-state index contributed by atoms with van der Waals surface area (Å²) in [4.78, 5) is 49.3. The van der Waals surface area contributed by atoms with Gasteiger partial charge in [-0.1, -0.05) is 6.92 Å². The number of Topliss-reactive ketones (excluding diaryl/α,β-unsaturated/α-hetero) is 1. The monoisotopic (exact) mass is 462 g/mol. The molecule has 2 bridgehead atoms. The van der Waals surface area contributed by atoms with E-state index in [0.29, 0.717) is 38.5 Å². The number of fused-ring (bicyclic) bond motifs is 1. The first-order valence-electron chi connectivity index (χ1n) is 12.3. The highest BCUT2D eigenvalue weighted by Gasteiger charge is 2.80. The van der Waals surface area contributed by atoms with Gasteiger partial charge in [-0.05, 0) is 56.8 Å². The second-order valence-corrected chi connectivity index (χ2v) is 11.3. The molecule has 8 atom stereocenters. The Labute approximate surface area is 193 Å². The molecule has 5 rings (SSSR count). The molecule has 0 radical (unpaired) electrons. The topological polar surface area (TPSA) is 116 Å². The van der Waals surface area contributed by atoms with Crippen LogP contribution in [0.1, 0.15) is 78.6 Å². The van der Waals surface area contributed by atoms with Gasteiger partial charge in [0.25, 0.3) is 0 Å². The first kappa shape index (κ1) is 22.8. The molecule has 4 aliphatic carbocycles. The van der Waals surface area contributed by atoms with Crippen molar-refractivity contribution in [1.29, 1.82) is 0 Å². The fourth-order valence-corrected chi connectivity index (χ4v) is 8.88. The number of rotatable bonds is 4. The molecule has 1 heterocycles. The minimum absolute atomic E-state index is 0.0362. The Balaban J connectivity index is 1.45. The smallest absolute Gasteiger partial charge is 0.316 e. The summed E-state index contributed by atoms with van der Waals surface area (Å²) in [7, 11) is 0. The zero-order valence-electron chi connectivity index (χ0n) is 19.7. The summed E-state index contributed by atoms with van der Waals surface area (Å²) >= 11 is 0. The highest BCUT2D eigenvalue weighted by molar-refractivity contribution is 5.86. The van der Waals surface area contributed by atoms with Crippen LogP contribution in [0.4, 0.5) is 0 Å². The molecule has 1 spiro atoms. The minimum atomic E-state index is -1.25. The average Bonchev–Trinajstić information content (AvgIpc) is 3.18. The fourth-order valence-electron chi connectivity index (χ4n) is 8.88. The van der Waals surface area contributed by atoms with Crippen LogP contribution in [0.25, 0.3) is 0 Å². The van der Waals surface area contributed by atoms with E-state index < -0.39 is 22.6 Å². The van der Waals surface area contributed by atoms with E-state index in [-0.39, 0.29) is 60.0 Å². The van der Waals surface area contributed by atoms with Crippen LogP contribution in [0.5, 0.6) is 0 Å². The van der Waals surface area contributed by atoms with Crippen molar-refractivity contribution in [3.05, 3.63) is 0 Å². The Hall–Kier alpha value is -1.96. The predicted octanol–water partition coefficient (Wildman–Crippen LogP) is 2.48. The van der Waals surface area contributed by atoms with E-state index in [1.807, 2.05) is 0 Å². The number of hydrogen-bond donors (Lipinski definition) is 1. The van der Waals surface area contributed by atoms with E-state index >= 15 is 0 Å². The number of hydrogen-bond acceptors (Lipinski definition) is 8. The van der Waals surface area contributed by atoms with Crippen LogP contribution in [-0.4, -0.2) is 52.7 Å². The molecule has 8 heteroatoms. The molecule has 0 aromatic carbocycles. The van der Waals surface area contributed by atoms with Crippen molar-refractivity contribution in [2.45, 2.75) is 95.9 Å². The standard InChI is InChI=1S/C25H34O8/c1-14(26)31-13-18(28)17-4-5-19-22(17,3)8-7-20-24-9-6-16(32-15(2)27)12-23(24,30)10-11-25(19,20)33-21(24)29/h16-17,19-20,30H,4-13H2,1-3H3. The quantitative estimate of drug-likeness (QED) is 0.500. The van der Waals surface area contributed by atoms with Crippen LogP contribution in [0.2, 0.25) is 0 Å². The van der Waals surface area contributed by atoms with Gasteiger partial charge in [-0.25, -0.2) is 0 Å². The van der Waals surface area contributed by atoms with Crippen LogP contribution >= 0.6 is 0 Å². The lowest BCUT2D eigenvalue weighted by Crippen LogP contribution is -2.67. The van der Waals surface area contributed by atoms with Crippen LogP contribution in [0.15, 0.2) is 0 Å². The van der Waals surface area contributed by atoms with Gasteiger partial charge < -0.3 is 19.3 Å². The van der Waals surface area contributed by atoms with E-state index in [1.165, 1.54) is 13.8 Å². The maximum atomic E-state index is 13.6. The van der Waals surface area contributed by atoms with Gasteiger partial charge in [-0.15, -0.1) is 0 Å². The van der Waals surface area contributed by atoms with E-state index in [2.05, 4.69) is 6.92 Å². The van der Waals surface area contributed by atoms with Crippen molar-refractivity contribution in [3.8, 4) is 0 Å². The number of carbonyl (C=O) groups excluding carboxylic acids is 4. The normalized spacial score (nSPS) is 47.6. The first-order chi connectivity index (χ1) is 15.5. The van der Waals surface area contributed by atoms with Crippen molar-refractivity contribution < 1.29 is 38.5 Å². The van der Waals surface area contributed by atoms with Crippen LogP contribution in [0.3, 0.4) is 0 Å². The highest BCUT2D eigenvalue weighted by Crippen LogP contribution is 2.74. The number of aliphatic hydroxyl groups is 1. The first-order valence-corrected chi connectivity index (χ1v) is 12.3. The molecule has 1 aliphatic heterocycles. The second-order valence-electron chi connectivity index (χ2n) is 11.3. The molecular formula is C25H34O8. The molecule has 5 aliphatic rings. The number of esters is 3. The zero-order valence-corrected chi connectivity index (χ0v) is 19.7. The molecule has 0 amide bonds. The average molecular weight is 463 g/mol. The molecule has 8 nitrogen and oxygen atoms in total. The lowest BCUT2D eigenvalue weighted by molar-refractivity contribution is -0.218. The summed E-state index contributed by atoms with van der Waals surface area (Å²) < 4.78 is 16.7. The molecule has 1 saturated heterocycles. The third-order valence-electron chi connectivity index (χ3n) is 10.1. The lowest BCUT2D eigenvalue weighted by Gasteiger charge is -2.61. The van der Waals surface area contributed by atoms with Gasteiger partial charge in [0.15, 0.2) is 5.78 Å². The summed E-state index contributed by atoms with van der Waals surface area (Å²) in [5, 5.41) is 11.8. The van der Waals surface area contributed by atoms with Gasteiger partial charge in [0.2, 0.25) is 0 Å². The SMILES string of the molecule is CC(=O)OCC(=O)C1CCC2C1(C)CCC1C23CCC2(O)CC(OC(C)=O)CCC12C(=O)O3. The van der Waals surface area contributed by atoms with Gasteiger partial charge in [0, 0.05) is 38.0 Å². The van der Waals surface area contributed by atoms with Gasteiger partial charge in [-0.2, -0.15) is 0 Å². The van der Waals surface area contributed by atoms with Gasteiger partial charge in [0.05, 0.1) is 5.60 Å². The van der Waals surface area contributed by atoms with E-state index in [1.54, 1.807) is 0 Å². The van der Waals surface area contributed by atoms with Crippen molar-refractivity contribution >= 4 is 23.7 Å². The molecule has 1 N–H and O–H groups in total. The van der Waals surface area contributed by atoms with E-state index in [4.69, 9.17) is 14.2 Å². The number of carbonyl (C=O) groups is 4. The highest BCUT2D eigenvalue weighted by atomic mass is 16.6. The Morgan fingerprint density at radius 1 is 1.00 bits per heavy atom. The zero-order chi connectivity index (χ0) is 23.8. The van der Waals surface area contributed by atoms with Crippen molar-refractivity contribution in [3.63, 3.8) is 0 Å². The Morgan fingerprint density at radius 2 is 1.76 bits per heavy atom. The molecular weight excluding hydrogens is 428 g/mol. The largest absolute Gasteiger partial charge is 0.462 e. The molecule has 4 saturated carbocycles. The molecule has 8 unspecified atom stereocenters.